The van der Waals surface area contributed by atoms with Gasteiger partial charge in [-0.25, -0.2) is 9.37 Å². The molecular formula is C15H18ClF2NO2. The predicted octanol–water partition coefficient (Wildman–Crippen LogP) is 4.53. The number of carbonyl (C=O) groups is 1. The average molecular weight is 318 g/mol. The van der Waals surface area contributed by atoms with Crippen molar-refractivity contribution in [3.63, 3.8) is 0 Å². The van der Waals surface area contributed by atoms with Crippen LogP contribution in [0.3, 0.4) is 0 Å². The third-order valence-corrected chi connectivity index (χ3v) is 4.21. The van der Waals surface area contributed by atoms with E-state index in [2.05, 4.69) is 11.9 Å². The quantitative estimate of drug-likeness (QED) is 0.605. The summed E-state index contributed by atoms with van der Waals surface area (Å²) in [5.41, 5.74) is 0. The zero-order chi connectivity index (χ0) is 15.4. The van der Waals surface area contributed by atoms with Crippen molar-refractivity contribution in [1.29, 1.82) is 0 Å². The summed E-state index contributed by atoms with van der Waals surface area (Å²) < 4.78 is 31.0. The average Bonchev–Trinajstić information content (AvgIpc) is 2.46. The summed E-state index contributed by atoms with van der Waals surface area (Å²) in [7, 11) is 0. The van der Waals surface area contributed by atoms with E-state index in [4.69, 9.17) is 16.3 Å². The summed E-state index contributed by atoms with van der Waals surface area (Å²) in [5, 5.41) is -0.345. The van der Waals surface area contributed by atoms with Crippen molar-refractivity contribution in [2.24, 2.45) is 11.8 Å². The molecule has 0 spiro atoms. The number of rotatable bonds is 4. The second kappa shape index (κ2) is 7.16. The molecule has 0 N–H and O–H groups in total. The van der Waals surface area contributed by atoms with Crippen molar-refractivity contribution in [1.82, 2.24) is 4.98 Å². The molecule has 1 aromatic heterocycles. The van der Waals surface area contributed by atoms with Gasteiger partial charge < -0.3 is 4.74 Å². The van der Waals surface area contributed by atoms with E-state index in [0.717, 1.165) is 38.2 Å². The molecule has 3 nitrogen and oxygen atoms in total. The van der Waals surface area contributed by atoms with E-state index in [1.54, 1.807) is 0 Å². The number of esters is 1. The van der Waals surface area contributed by atoms with E-state index in [9.17, 15) is 13.6 Å². The zero-order valence-corrected chi connectivity index (χ0v) is 12.6. The number of pyridine rings is 1. The lowest BCUT2D eigenvalue weighted by Gasteiger charge is -2.26. The fraction of sp³-hybridized carbons (Fsp3) is 0.600. The van der Waals surface area contributed by atoms with Gasteiger partial charge in [-0.05, 0) is 31.6 Å². The molecule has 0 unspecified atom stereocenters. The van der Waals surface area contributed by atoms with Gasteiger partial charge in [0.15, 0.2) is 16.7 Å². The maximum absolute atomic E-state index is 13.1. The molecule has 0 saturated heterocycles. The lowest BCUT2D eigenvalue weighted by molar-refractivity contribution is -0.140. The third-order valence-electron chi connectivity index (χ3n) is 3.94. The highest BCUT2D eigenvalue weighted by atomic mass is 35.5. The smallest absolute Gasteiger partial charge is 0.314 e. The van der Waals surface area contributed by atoms with E-state index in [0.29, 0.717) is 5.92 Å². The number of hydrogen-bond acceptors (Lipinski definition) is 3. The molecule has 6 heteroatoms. The Balaban J connectivity index is 1.95. The molecule has 1 aliphatic rings. The molecule has 1 aliphatic carbocycles. The number of nitrogens with zero attached hydrogens (tertiary/aromatic N) is 1. The third kappa shape index (κ3) is 4.13. The first-order valence-electron chi connectivity index (χ1n) is 7.24. The highest BCUT2D eigenvalue weighted by Gasteiger charge is 2.28. The van der Waals surface area contributed by atoms with E-state index in [-0.39, 0.29) is 16.8 Å². The van der Waals surface area contributed by atoms with Crippen LogP contribution in [0.1, 0.15) is 45.4 Å². The minimum Gasteiger partial charge on any atom is -0.423 e. The van der Waals surface area contributed by atoms with Crippen LogP contribution in [0.2, 0.25) is 5.15 Å². The van der Waals surface area contributed by atoms with Crippen LogP contribution < -0.4 is 4.74 Å². The first kappa shape index (κ1) is 16.1. The molecule has 1 aromatic rings. The Morgan fingerprint density at radius 3 is 2.67 bits per heavy atom. The van der Waals surface area contributed by atoms with Crippen LogP contribution >= 0.6 is 11.6 Å². The molecule has 0 radical (unpaired) electrons. The molecular weight excluding hydrogens is 300 g/mol. The minimum atomic E-state index is -1.31. The van der Waals surface area contributed by atoms with Gasteiger partial charge in [0.1, 0.15) is 0 Å². The van der Waals surface area contributed by atoms with E-state index in [1.165, 1.54) is 6.42 Å². The van der Waals surface area contributed by atoms with Gasteiger partial charge in [0.2, 0.25) is 0 Å². The van der Waals surface area contributed by atoms with Gasteiger partial charge in [0.05, 0.1) is 5.92 Å². The van der Waals surface area contributed by atoms with Crippen LogP contribution in [-0.2, 0) is 4.79 Å². The monoisotopic (exact) mass is 317 g/mol. The topological polar surface area (TPSA) is 39.2 Å². The normalized spacial score (nSPS) is 22.1. The number of halogens is 3. The molecule has 21 heavy (non-hydrogen) atoms. The summed E-state index contributed by atoms with van der Waals surface area (Å²) in [6, 6.07) is 0.755. The SMILES string of the molecule is CCCC1CCC(C(=O)Oc2cc(F)c(F)nc2Cl)CC1. The summed E-state index contributed by atoms with van der Waals surface area (Å²) in [5.74, 6) is -2.69. The summed E-state index contributed by atoms with van der Waals surface area (Å²) in [6.45, 7) is 2.15. The van der Waals surface area contributed by atoms with Crippen molar-refractivity contribution >= 4 is 17.6 Å². The lowest BCUT2D eigenvalue weighted by Crippen LogP contribution is -2.26. The Morgan fingerprint density at radius 1 is 1.38 bits per heavy atom. The van der Waals surface area contributed by atoms with Crippen LogP contribution in [0, 0.1) is 23.6 Å². The summed E-state index contributed by atoms with van der Waals surface area (Å²) >= 11 is 5.65. The second-order valence-corrected chi connectivity index (χ2v) is 5.84. The molecule has 0 amide bonds. The Kier molecular flexibility index (Phi) is 5.51. The first-order valence-corrected chi connectivity index (χ1v) is 7.62. The summed E-state index contributed by atoms with van der Waals surface area (Å²) in [6.07, 6.45) is 5.85. The van der Waals surface area contributed by atoms with Crippen LogP contribution in [0.25, 0.3) is 0 Å². The van der Waals surface area contributed by atoms with E-state index < -0.39 is 17.7 Å². The first-order chi connectivity index (χ1) is 10.0. The van der Waals surface area contributed by atoms with Crippen molar-refractivity contribution < 1.29 is 18.3 Å². The summed E-state index contributed by atoms with van der Waals surface area (Å²) in [4.78, 5) is 15.2. The highest BCUT2D eigenvalue weighted by Crippen LogP contribution is 2.33. The van der Waals surface area contributed by atoms with Crippen LogP contribution in [0.4, 0.5) is 8.78 Å². The molecule has 1 heterocycles. The Bertz CT molecular complexity index is 517. The maximum Gasteiger partial charge on any atom is 0.314 e. The van der Waals surface area contributed by atoms with Crippen molar-refractivity contribution in [3.8, 4) is 5.75 Å². The van der Waals surface area contributed by atoms with Crippen LogP contribution in [-0.4, -0.2) is 11.0 Å². The van der Waals surface area contributed by atoms with Crippen LogP contribution in [0.15, 0.2) is 6.07 Å². The van der Waals surface area contributed by atoms with Crippen molar-refractivity contribution in [2.45, 2.75) is 45.4 Å². The number of hydrogen-bond donors (Lipinski definition) is 0. The molecule has 2 rings (SSSR count). The van der Waals surface area contributed by atoms with E-state index >= 15 is 0 Å². The maximum atomic E-state index is 13.1. The van der Waals surface area contributed by atoms with Crippen molar-refractivity contribution in [3.05, 3.63) is 23.0 Å². The van der Waals surface area contributed by atoms with Crippen LogP contribution in [0.5, 0.6) is 5.75 Å². The van der Waals surface area contributed by atoms with Gasteiger partial charge in [-0.2, -0.15) is 4.39 Å². The predicted molar refractivity (Wildman–Crippen MR) is 75.2 cm³/mol. The van der Waals surface area contributed by atoms with E-state index in [1.807, 2.05) is 0 Å². The van der Waals surface area contributed by atoms with Gasteiger partial charge in [0.25, 0.3) is 5.95 Å². The number of aromatic nitrogens is 1. The minimum absolute atomic E-state index is 0.206. The van der Waals surface area contributed by atoms with Gasteiger partial charge in [-0.3, -0.25) is 4.79 Å². The Morgan fingerprint density at radius 2 is 2.05 bits per heavy atom. The fourth-order valence-electron chi connectivity index (χ4n) is 2.79. The number of carbonyl (C=O) groups excluding carboxylic acids is 1. The molecule has 0 aliphatic heterocycles. The van der Waals surface area contributed by atoms with Gasteiger partial charge >= 0.3 is 5.97 Å². The molecule has 0 aromatic carbocycles. The van der Waals surface area contributed by atoms with Gasteiger partial charge in [-0.15, -0.1) is 0 Å². The second-order valence-electron chi connectivity index (χ2n) is 5.48. The molecule has 0 atom stereocenters. The zero-order valence-electron chi connectivity index (χ0n) is 11.9. The number of ether oxygens (including phenoxy) is 1. The van der Waals surface area contributed by atoms with Gasteiger partial charge in [0, 0.05) is 6.07 Å². The Hall–Kier alpha value is -1.23. The molecule has 116 valence electrons. The molecule has 1 saturated carbocycles. The Labute approximate surface area is 127 Å². The molecule has 0 bridgehead atoms. The highest BCUT2D eigenvalue weighted by molar-refractivity contribution is 6.30. The van der Waals surface area contributed by atoms with Crippen molar-refractivity contribution in [2.75, 3.05) is 0 Å². The largest absolute Gasteiger partial charge is 0.423 e. The lowest BCUT2D eigenvalue weighted by atomic mass is 9.80. The van der Waals surface area contributed by atoms with Gasteiger partial charge in [-0.1, -0.05) is 31.4 Å². The molecule has 1 fully saturated rings. The standard InChI is InChI=1S/C15H18ClF2NO2/c1-2-3-9-4-6-10(7-5-9)15(20)21-12-8-11(17)14(18)19-13(12)16/h8-10H,2-7H2,1H3. The fourth-order valence-corrected chi connectivity index (χ4v) is 2.95.